The van der Waals surface area contributed by atoms with Crippen LogP contribution in [-0.4, -0.2) is 50.6 Å². The molecule has 168 valence electrons. The van der Waals surface area contributed by atoms with Crippen molar-refractivity contribution in [3.63, 3.8) is 0 Å². The van der Waals surface area contributed by atoms with Crippen LogP contribution in [0.2, 0.25) is 0 Å². The van der Waals surface area contributed by atoms with Gasteiger partial charge in [0.15, 0.2) is 5.65 Å². The third kappa shape index (κ3) is 4.36. The van der Waals surface area contributed by atoms with Crippen LogP contribution in [0, 0.1) is 0 Å². The van der Waals surface area contributed by atoms with Crippen molar-refractivity contribution in [1.29, 1.82) is 0 Å². The zero-order chi connectivity index (χ0) is 22.2. The summed E-state index contributed by atoms with van der Waals surface area (Å²) < 4.78 is 1.72. The van der Waals surface area contributed by atoms with Crippen molar-refractivity contribution in [1.82, 2.24) is 30.5 Å². The van der Waals surface area contributed by atoms with Crippen molar-refractivity contribution in [3.05, 3.63) is 23.5 Å². The largest absolute Gasteiger partial charge is 0.367 e. The lowest BCUT2D eigenvalue weighted by Crippen LogP contribution is -2.39. The van der Waals surface area contributed by atoms with Gasteiger partial charge < -0.3 is 21.3 Å². The minimum atomic E-state index is -0.543. The molecule has 1 aliphatic heterocycles. The Morgan fingerprint density at radius 3 is 2.41 bits per heavy atom. The second kappa shape index (κ2) is 8.13. The summed E-state index contributed by atoms with van der Waals surface area (Å²) in [7, 11) is 0. The Morgan fingerprint density at radius 1 is 1.06 bits per heavy atom. The van der Waals surface area contributed by atoms with Crippen LogP contribution in [-0.2, 0) is 9.59 Å². The van der Waals surface area contributed by atoms with E-state index in [1.54, 1.807) is 23.7 Å². The molecule has 11 nitrogen and oxygen atoms in total. The first-order valence-electron chi connectivity index (χ1n) is 11.0. The smallest absolute Gasteiger partial charge is 0.326 e. The van der Waals surface area contributed by atoms with E-state index < -0.39 is 11.9 Å². The van der Waals surface area contributed by atoms with Crippen molar-refractivity contribution in [2.75, 3.05) is 10.6 Å². The van der Waals surface area contributed by atoms with E-state index in [0.717, 1.165) is 50.2 Å². The molecule has 3 heterocycles. The van der Waals surface area contributed by atoms with Gasteiger partial charge in [0.25, 0.3) is 5.91 Å². The van der Waals surface area contributed by atoms with Gasteiger partial charge in [0, 0.05) is 36.7 Å². The van der Waals surface area contributed by atoms with Crippen molar-refractivity contribution in [2.45, 2.75) is 63.6 Å². The van der Waals surface area contributed by atoms with Crippen molar-refractivity contribution in [2.24, 2.45) is 0 Å². The number of amides is 4. The number of fused-ring (bicyclic) bond motifs is 1. The highest BCUT2D eigenvalue weighted by Gasteiger charge is 2.26. The van der Waals surface area contributed by atoms with Gasteiger partial charge in [0.05, 0.1) is 6.20 Å². The normalized spacial score (nSPS) is 24.3. The molecule has 11 heteroatoms. The van der Waals surface area contributed by atoms with E-state index in [9.17, 15) is 14.4 Å². The summed E-state index contributed by atoms with van der Waals surface area (Å²) in [6.07, 6.45) is 9.16. The van der Waals surface area contributed by atoms with Gasteiger partial charge in [-0.1, -0.05) is 0 Å². The molecule has 4 amide bonds. The Labute approximate surface area is 184 Å². The number of nitrogens with zero attached hydrogens (tertiary/aromatic N) is 3. The molecule has 0 bridgehead atoms. The first-order valence-corrected chi connectivity index (χ1v) is 11.0. The predicted molar refractivity (Wildman–Crippen MR) is 118 cm³/mol. The second-order valence-electron chi connectivity index (χ2n) is 8.64. The monoisotopic (exact) mass is 438 g/mol. The molecule has 3 aliphatic rings. The summed E-state index contributed by atoms with van der Waals surface area (Å²) in [5.41, 5.74) is 1.39. The van der Waals surface area contributed by atoms with Gasteiger partial charge in [-0.3, -0.25) is 14.9 Å². The number of hydrogen-bond donors (Lipinski definition) is 5. The maximum atomic E-state index is 11.9. The molecule has 0 unspecified atom stereocenters. The highest BCUT2D eigenvalue weighted by atomic mass is 16.2. The lowest BCUT2D eigenvalue weighted by molar-refractivity contribution is -0.120. The fourth-order valence-electron chi connectivity index (χ4n) is 4.21. The Morgan fingerprint density at radius 2 is 1.75 bits per heavy atom. The molecule has 2 aliphatic carbocycles. The minimum Gasteiger partial charge on any atom is -0.367 e. The minimum absolute atomic E-state index is 0.0128. The van der Waals surface area contributed by atoms with Gasteiger partial charge in [-0.15, -0.1) is 0 Å². The van der Waals surface area contributed by atoms with Gasteiger partial charge in [-0.2, -0.15) is 9.61 Å². The van der Waals surface area contributed by atoms with E-state index in [4.69, 9.17) is 4.98 Å². The van der Waals surface area contributed by atoms with E-state index in [1.165, 1.54) is 0 Å². The number of rotatable bonds is 6. The van der Waals surface area contributed by atoms with Crippen LogP contribution in [0.15, 0.2) is 18.0 Å². The fraction of sp³-hybridized carbons (Fsp3) is 0.476. The molecular weight excluding hydrogens is 412 g/mol. The third-order valence-electron chi connectivity index (χ3n) is 5.93. The van der Waals surface area contributed by atoms with Gasteiger partial charge in [-0.05, 0) is 44.6 Å². The number of nitrogens with one attached hydrogen (secondary N) is 5. The molecular formula is C21H26N8O3. The highest BCUT2D eigenvalue weighted by Crippen LogP contribution is 2.29. The molecule has 3 fully saturated rings. The van der Waals surface area contributed by atoms with Gasteiger partial charge in [0.1, 0.15) is 17.3 Å². The predicted octanol–water partition coefficient (Wildman–Crippen LogP) is 1.34. The van der Waals surface area contributed by atoms with E-state index in [2.05, 4.69) is 31.7 Å². The first kappa shape index (κ1) is 20.3. The molecule has 0 atom stereocenters. The maximum Gasteiger partial charge on any atom is 0.326 e. The Kier molecular flexibility index (Phi) is 5.16. The molecule has 0 aromatic carbocycles. The zero-order valence-corrected chi connectivity index (χ0v) is 17.8. The van der Waals surface area contributed by atoms with E-state index >= 15 is 0 Å². The van der Waals surface area contributed by atoms with Crippen LogP contribution in [0.4, 0.5) is 16.4 Å². The first-order chi connectivity index (χ1) is 15.4. The van der Waals surface area contributed by atoms with E-state index in [1.807, 2.05) is 6.07 Å². The number of carbonyl (C=O) groups is 3. The van der Waals surface area contributed by atoms with Crippen molar-refractivity contribution >= 4 is 41.2 Å². The number of carbonyl (C=O) groups excluding carboxylic acids is 3. The number of anilines is 2. The summed E-state index contributed by atoms with van der Waals surface area (Å²) in [5, 5.41) is 19.2. The molecule has 2 aromatic heterocycles. The van der Waals surface area contributed by atoms with Crippen molar-refractivity contribution < 1.29 is 14.4 Å². The van der Waals surface area contributed by atoms with Crippen LogP contribution in [0.3, 0.4) is 0 Å². The lowest BCUT2D eigenvalue weighted by Gasteiger charge is -2.29. The van der Waals surface area contributed by atoms with Crippen LogP contribution in [0.5, 0.6) is 0 Å². The summed E-state index contributed by atoms with van der Waals surface area (Å²) in [6, 6.07) is 2.33. The highest BCUT2D eigenvalue weighted by molar-refractivity contribution is 6.14. The van der Waals surface area contributed by atoms with Crippen LogP contribution in [0.25, 0.3) is 11.7 Å². The third-order valence-corrected chi connectivity index (χ3v) is 5.93. The van der Waals surface area contributed by atoms with Crippen LogP contribution < -0.4 is 26.6 Å². The maximum absolute atomic E-state index is 11.9. The quantitative estimate of drug-likeness (QED) is 0.338. The Hall–Kier alpha value is -3.63. The molecule has 0 radical (unpaired) electrons. The average Bonchev–Trinajstić information content (AvgIpc) is 3.38. The topological polar surface area (TPSA) is 142 Å². The number of hydrogen-bond acceptors (Lipinski definition) is 7. The second-order valence-corrected chi connectivity index (χ2v) is 8.64. The average molecular weight is 438 g/mol. The summed E-state index contributed by atoms with van der Waals surface area (Å²) in [4.78, 5) is 39.4. The fourth-order valence-corrected chi connectivity index (χ4v) is 4.21. The number of urea groups is 1. The van der Waals surface area contributed by atoms with Crippen LogP contribution >= 0.6 is 0 Å². The van der Waals surface area contributed by atoms with Gasteiger partial charge in [0.2, 0.25) is 5.91 Å². The number of imide groups is 1. The Bertz CT molecular complexity index is 1110. The molecule has 5 rings (SSSR count). The summed E-state index contributed by atoms with van der Waals surface area (Å²) in [6.45, 7) is 1.55. The summed E-state index contributed by atoms with van der Waals surface area (Å²) >= 11 is 0. The molecule has 32 heavy (non-hydrogen) atoms. The number of aromatic nitrogens is 3. The van der Waals surface area contributed by atoms with Crippen molar-refractivity contribution in [3.8, 4) is 0 Å². The van der Waals surface area contributed by atoms with Gasteiger partial charge >= 0.3 is 6.03 Å². The van der Waals surface area contributed by atoms with Crippen LogP contribution in [0.1, 0.15) is 51.0 Å². The standard InChI is InChI=1S/C21H26N8O3/c1-11(30)23-13-2-4-14(5-3-13)24-17-9-18(25-15-6-7-15)29-19(27-17)12(10-22-29)8-16-20(31)28-21(32)26-16/h8-10,13-15,25H,2-7H2,1H3,(H,23,30)(H,24,27)(H2,26,28,31,32)/b16-8-/t13-,14-. The molecule has 2 saturated carbocycles. The lowest BCUT2D eigenvalue weighted by atomic mass is 9.91. The SMILES string of the molecule is CC(=O)N[C@H]1CC[C@H](Nc2cc(NC3CC3)n3ncc(/C=C4\NC(=O)NC4=O)c3n2)CC1. The Balaban J connectivity index is 1.40. The van der Waals surface area contributed by atoms with E-state index in [-0.39, 0.29) is 23.7 Å². The molecule has 0 spiro atoms. The summed E-state index contributed by atoms with van der Waals surface area (Å²) in [5.74, 6) is 1.09. The van der Waals surface area contributed by atoms with Gasteiger partial charge in [-0.25, -0.2) is 9.78 Å². The molecule has 2 aromatic rings. The molecule has 5 N–H and O–H groups in total. The molecule has 1 saturated heterocycles. The zero-order valence-electron chi connectivity index (χ0n) is 17.8. The van der Waals surface area contributed by atoms with E-state index in [0.29, 0.717) is 17.3 Å².